The number of aromatic nitrogens is 1. The molecule has 0 bridgehead atoms. The summed E-state index contributed by atoms with van der Waals surface area (Å²) in [5.74, 6) is 0.362. The van der Waals surface area contributed by atoms with Crippen LogP contribution in [-0.4, -0.2) is 4.98 Å². The molecule has 0 aliphatic heterocycles. The van der Waals surface area contributed by atoms with Crippen LogP contribution in [0.25, 0.3) is 0 Å². The molecule has 0 fully saturated rings. The van der Waals surface area contributed by atoms with E-state index >= 15 is 0 Å². The molecule has 0 radical (unpaired) electrons. The van der Waals surface area contributed by atoms with Crippen molar-refractivity contribution >= 4 is 34.8 Å². The predicted molar refractivity (Wildman–Crippen MR) is 43.8 cm³/mol. The monoisotopic (exact) mass is 195 g/mol. The van der Waals surface area contributed by atoms with Gasteiger partial charge in [0, 0.05) is 12.1 Å². The first-order valence-electron chi connectivity index (χ1n) is 2.60. The van der Waals surface area contributed by atoms with Gasteiger partial charge in [-0.15, -0.1) is 11.6 Å². The highest BCUT2D eigenvalue weighted by Gasteiger charge is 2.02. The lowest BCUT2D eigenvalue weighted by molar-refractivity contribution is 1.27. The normalized spacial score (nSPS) is 9.90. The highest BCUT2D eigenvalue weighted by molar-refractivity contribution is 6.42. The van der Waals surface area contributed by atoms with Crippen molar-refractivity contribution in [3.05, 3.63) is 28.0 Å². The number of pyridine rings is 1. The third kappa shape index (κ3) is 1.54. The second-order valence-corrected chi connectivity index (χ2v) is 2.71. The molecule has 1 aromatic rings. The van der Waals surface area contributed by atoms with Gasteiger partial charge in [-0.3, -0.25) is 0 Å². The van der Waals surface area contributed by atoms with E-state index in [-0.39, 0.29) is 0 Å². The molecule has 4 heteroatoms. The van der Waals surface area contributed by atoms with Crippen LogP contribution in [0.2, 0.25) is 10.2 Å². The third-order valence-electron chi connectivity index (χ3n) is 1.07. The summed E-state index contributed by atoms with van der Waals surface area (Å²) in [4.78, 5) is 3.76. The van der Waals surface area contributed by atoms with E-state index in [4.69, 9.17) is 34.8 Å². The Kier molecular flexibility index (Phi) is 2.78. The standard InChI is InChI=1S/C6H4Cl3N/c7-3-4-1-2-10-6(9)5(4)8/h1-2H,3H2. The average Bonchev–Trinajstić information content (AvgIpc) is 1.95. The predicted octanol–water partition coefficient (Wildman–Crippen LogP) is 3.13. The highest BCUT2D eigenvalue weighted by atomic mass is 35.5. The molecular formula is C6H4Cl3N. The van der Waals surface area contributed by atoms with E-state index in [9.17, 15) is 0 Å². The molecule has 0 aliphatic carbocycles. The summed E-state index contributed by atoms with van der Waals surface area (Å²) < 4.78 is 0. The molecule has 0 unspecified atom stereocenters. The summed E-state index contributed by atoms with van der Waals surface area (Å²) in [7, 11) is 0. The molecule has 0 aromatic carbocycles. The van der Waals surface area contributed by atoms with Crippen LogP contribution in [0.1, 0.15) is 5.56 Å². The van der Waals surface area contributed by atoms with Gasteiger partial charge in [0.1, 0.15) is 5.15 Å². The summed E-state index contributed by atoms with van der Waals surface area (Å²) in [5.41, 5.74) is 0.809. The van der Waals surface area contributed by atoms with Gasteiger partial charge in [-0.1, -0.05) is 23.2 Å². The maximum atomic E-state index is 5.71. The molecule has 0 amide bonds. The molecule has 0 saturated heterocycles. The second-order valence-electron chi connectivity index (χ2n) is 1.71. The molecular weight excluding hydrogens is 192 g/mol. The Morgan fingerprint density at radius 2 is 2.10 bits per heavy atom. The highest BCUT2D eigenvalue weighted by Crippen LogP contribution is 2.23. The molecule has 10 heavy (non-hydrogen) atoms. The Morgan fingerprint density at radius 1 is 1.40 bits per heavy atom. The van der Waals surface area contributed by atoms with E-state index in [1.54, 1.807) is 12.3 Å². The Bertz CT molecular complexity index is 236. The Morgan fingerprint density at radius 3 is 2.60 bits per heavy atom. The lowest BCUT2D eigenvalue weighted by Gasteiger charge is -1.98. The van der Waals surface area contributed by atoms with Crippen LogP contribution in [0.15, 0.2) is 12.3 Å². The number of hydrogen-bond acceptors (Lipinski definition) is 1. The zero-order valence-electron chi connectivity index (χ0n) is 4.94. The number of halogens is 3. The molecule has 1 nitrogen and oxygen atoms in total. The van der Waals surface area contributed by atoms with Crippen molar-refractivity contribution in [1.82, 2.24) is 4.98 Å². The van der Waals surface area contributed by atoms with Crippen molar-refractivity contribution in [1.29, 1.82) is 0 Å². The summed E-state index contributed by atoms with van der Waals surface area (Å²) >= 11 is 16.8. The zero-order chi connectivity index (χ0) is 7.56. The van der Waals surface area contributed by atoms with Crippen molar-refractivity contribution in [3.8, 4) is 0 Å². The lowest BCUT2D eigenvalue weighted by Crippen LogP contribution is -1.82. The van der Waals surface area contributed by atoms with E-state index in [2.05, 4.69) is 4.98 Å². The van der Waals surface area contributed by atoms with Gasteiger partial charge in [0.25, 0.3) is 0 Å². The first kappa shape index (κ1) is 8.12. The van der Waals surface area contributed by atoms with Gasteiger partial charge in [0.2, 0.25) is 0 Å². The van der Waals surface area contributed by atoms with Gasteiger partial charge in [-0.25, -0.2) is 4.98 Å². The van der Waals surface area contributed by atoms with Gasteiger partial charge in [-0.2, -0.15) is 0 Å². The summed E-state index contributed by atoms with van der Waals surface area (Å²) in [6.45, 7) is 0. The Balaban J connectivity index is 3.14. The van der Waals surface area contributed by atoms with Crippen LogP contribution < -0.4 is 0 Å². The SMILES string of the molecule is ClCc1ccnc(Cl)c1Cl. The molecule has 0 atom stereocenters. The molecule has 0 saturated carbocycles. The number of nitrogens with zero attached hydrogens (tertiary/aromatic N) is 1. The van der Waals surface area contributed by atoms with E-state index in [1.807, 2.05) is 0 Å². The lowest BCUT2D eigenvalue weighted by atomic mass is 10.3. The summed E-state index contributed by atoms with van der Waals surface area (Å²) in [6.07, 6.45) is 1.58. The van der Waals surface area contributed by atoms with Crippen LogP contribution >= 0.6 is 34.8 Å². The van der Waals surface area contributed by atoms with E-state index < -0.39 is 0 Å². The molecule has 1 aromatic heterocycles. The molecule has 0 aliphatic rings. The fraction of sp³-hybridized carbons (Fsp3) is 0.167. The van der Waals surface area contributed by atoms with Crippen LogP contribution in [0, 0.1) is 0 Å². The largest absolute Gasteiger partial charge is 0.243 e. The van der Waals surface area contributed by atoms with Crippen LogP contribution in [0.4, 0.5) is 0 Å². The topological polar surface area (TPSA) is 12.9 Å². The summed E-state index contributed by atoms with van der Waals surface area (Å²) in [5, 5.41) is 0.749. The maximum Gasteiger partial charge on any atom is 0.147 e. The Hall–Kier alpha value is 0.0200. The fourth-order valence-corrected chi connectivity index (χ4v) is 1.21. The van der Waals surface area contributed by atoms with E-state index in [1.165, 1.54) is 0 Å². The molecule has 0 spiro atoms. The molecule has 54 valence electrons. The van der Waals surface area contributed by atoms with Crippen molar-refractivity contribution < 1.29 is 0 Å². The number of hydrogen-bond donors (Lipinski definition) is 0. The first-order valence-corrected chi connectivity index (χ1v) is 3.89. The molecule has 0 N–H and O–H groups in total. The van der Waals surface area contributed by atoms with Gasteiger partial charge in [0.05, 0.1) is 5.02 Å². The van der Waals surface area contributed by atoms with Gasteiger partial charge >= 0.3 is 0 Å². The third-order valence-corrected chi connectivity index (χ3v) is 2.16. The van der Waals surface area contributed by atoms with Gasteiger partial charge < -0.3 is 0 Å². The van der Waals surface area contributed by atoms with Crippen LogP contribution in [0.5, 0.6) is 0 Å². The van der Waals surface area contributed by atoms with E-state index in [0.29, 0.717) is 16.1 Å². The van der Waals surface area contributed by atoms with Gasteiger partial charge in [-0.05, 0) is 11.6 Å². The quantitative estimate of drug-likeness (QED) is 0.497. The fourth-order valence-electron chi connectivity index (χ4n) is 0.558. The first-order chi connectivity index (χ1) is 4.75. The van der Waals surface area contributed by atoms with Crippen molar-refractivity contribution in [2.75, 3.05) is 0 Å². The molecule has 1 heterocycles. The minimum atomic E-state index is 0.305. The Labute approximate surface area is 73.9 Å². The van der Waals surface area contributed by atoms with Gasteiger partial charge in [0.15, 0.2) is 0 Å². The van der Waals surface area contributed by atoms with Crippen LogP contribution in [-0.2, 0) is 5.88 Å². The van der Waals surface area contributed by atoms with Crippen molar-refractivity contribution in [2.24, 2.45) is 0 Å². The average molecular weight is 196 g/mol. The smallest absolute Gasteiger partial charge is 0.147 e. The van der Waals surface area contributed by atoms with E-state index in [0.717, 1.165) is 5.56 Å². The zero-order valence-corrected chi connectivity index (χ0v) is 7.21. The second kappa shape index (κ2) is 3.42. The number of rotatable bonds is 1. The minimum absolute atomic E-state index is 0.305. The van der Waals surface area contributed by atoms with Crippen LogP contribution in [0.3, 0.4) is 0 Å². The molecule has 1 rings (SSSR count). The number of alkyl halides is 1. The van der Waals surface area contributed by atoms with Crippen molar-refractivity contribution in [2.45, 2.75) is 5.88 Å². The minimum Gasteiger partial charge on any atom is -0.243 e. The summed E-state index contributed by atoms with van der Waals surface area (Å²) in [6, 6.07) is 1.74. The van der Waals surface area contributed by atoms with Crippen molar-refractivity contribution in [3.63, 3.8) is 0 Å². The maximum absolute atomic E-state index is 5.71.